The zero-order valence-corrected chi connectivity index (χ0v) is 9.58. The summed E-state index contributed by atoms with van der Waals surface area (Å²) in [5.74, 6) is 0. The van der Waals surface area contributed by atoms with Gasteiger partial charge in [-0.2, -0.15) is 0 Å². The molecule has 0 saturated heterocycles. The maximum absolute atomic E-state index is 12.2. The van der Waals surface area contributed by atoms with E-state index in [2.05, 4.69) is 0 Å². The summed E-state index contributed by atoms with van der Waals surface area (Å²) in [6.07, 6.45) is 2.24. The molecule has 3 heteroatoms. The summed E-state index contributed by atoms with van der Waals surface area (Å²) >= 11 is 0. The van der Waals surface area contributed by atoms with Gasteiger partial charge in [-0.3, -0.25) is 4.79 Å². The molecular weight excluding hydrogens is 188 g/mol. The van der Waals surface area contributed by atoms with E-state index in [4.69, 9.17) is 5.73 Å². The summed E-state index contributed by atoms with van der Waals surface area (Å²) in [6.45, 7) is 5.72. The molecule has 0 radical (unpaired) electrons. The Balaban J connectivity index is 2.60. The average molecular weight is 206 g/mol. The minimum Gasteiger partial charge on any atom is -0.322 e. The molecule has 2 N–H and O–H groups in total. The molecule has 3 nitrogen and oxygen atoms in total. The molecule has 0 atom stereocenters. The zero-order valence-electron chi connectivity index (χ0n) is 9.58. The lowest BCUT2D eigenvalue weighted by molar-refractivity contribution is 0.531. The normalized spacial score (nSPS) is 16.8. The molecule has 0 spiro atoms. The summed E-state index contributed by atoms with van der Waals surface area (Å²) in [6, 6.07) is 4.26. The molecule has 1 aliphatic carbocycles. The van der Waals surface area contributed by atoms with Crippen molar-refractivity contribution in [2.24, 2.45) is 5.73 Å². The molecule has 1 heterocycles. The zero-order chi connectivity index (χ0) is 11.2. The number of pyridine rings is 1. The smallest absolute Gasteiger partial charge is 0.256 e. The van der Waals surface area contributed by atoms with Gasteiger partial charge in [0.2, 0.25) is 0 Å². The standard InChI is InChI=1S/C12H18N2O/c1-8-4-7-10(12(2,3)13)11(15)14(8)9-5-6-9/h4,7,9H,5-6,13H2,1-3H3. The first kappa shape index (κ1) is 10.4. The van der Waals surface area contributed by atoms with Crippen LogP contribution in [0.3, 0.4) is 0 Å². The fraction of sp³-hybridized carbons (Fsp3) is 0.583. The SMILES string of the molecule is Cc1ccc(C(C)(C)N)c(=O)n1C1CC1. The topological polar surface area (TPSA) is 48.0 Å². The van der Waals surface area contributed by atoms with E-state index in [1.54, 1.807) is 0 Å². The van der Waals surface area contributed by atoms with Crippen molar-refractivity contribution < 1.29 is 0 Å². The lowest BCUT2D eigenvalue weighted by Crippen LogP contribution is -2.38. The van der Waals surface area contributed by atoms with Crippen molar-refractivity contribution in [2.75, 3.05) is 0 Å². The largest absolute Gasteiger partial charge is 0.322 e. The van der Waals surface area contributed by atoms with Gasteiger partial charge < -0.3 is 10.3 Å². The van der Waals surface area contributed by atoms with E-state index in [9.17, 15) is 4.79 Å². The van der Waals surface area contributed by atoms with Gasteiger partial charge in [0, 0.05) is 22.8 Å². The number of hydrogen-bond acceptors (Lipinski definition) is 2. The Morgan fingerprint density at radius 1 is 1.40 bits per heavy atom. The second-order valence-corrected chi connectivity index (χ2v) is 5.02. The van der Waals surface area contributed by atoms with E-state index in [-0.39, 0.29) is 5.56 Å². The minimum absolute atomic E-state index is 0.0880. The van der Waals surface area contributed by atoms with Crippen molar-refractivity contribution in [1.29, 1.82) is 0 Å². The average Bonchev–Trinajstić information content (AvgIpc) is 2.85. The third-order valence-corrected chi connectivity index (χ3v) is 2.93. The molecule has 1 saturated carbocycles. The lowest BCUT2D eigenvalue weighted by Gasteiger charge is -2.20. The predicted molar refractivity (Wildman–Crippen MR) is 60.9 cm³/mol. The third kappa shape index (κ3) is 1.84. The summed E-state index contributed by atoms with van der Waals surface area (Å²) < 4.78 is 1.89. The number of aromatic nitrogens is 1. The van der Waals surface area contributed by atoms with Gasteiger partial charge in [0.1, 0.15) is 0 Å². The Morgan fingerprint density at radius 3 is 2.47 bits per heavy atom. The highest BCUT2D eigenvalue weighted by molar-refractivity contribution is 5.23. The van der Waals surface area contributed by atoms with Crippen LogP contribution in [0.5, 0.6) is 0 Å². The van der Waals surface area contributed by atoms with Crippen LogP contribution in [0.15, 0.2) is 16.9 Å². The fourth-order valence-electron chi connectivity index (χ4n) is 1.92. The third-order valence-electron chi connectivity index (χ3n) is 2.93. The van der Waals surface area contributed by atoms with Crippen LogP contribution < -0.4 is 11.3 Å². The molecule has 0 unspecified atom stereocenters. The highest BCUT2D eigenvalue weighted by atomic mass is 16.1. The van der Waals surface area contributed by atoms with Crippen molar-refractivity contribution in [1.82, 2.24) is 4.57 Å². The fourth-order valence-corrected chi connectivity index (χ4v) is 1.92. The van der Waals surface area contributed by atoms with E-state index in [1.165, 1.54) is 0 Å². The first-order valence-corrected chi connectivity index (χ1v) is 5.43. The molecular formula is C12H18N2O. The number of nitrogens with zero attached hydrogens (tertiary/aromatic N) is 1. The number of hydrogen-bond donors (Lipinski definition) is 1. The quantitative estimate of drug-likeness (QED) is 0.800. The van der Waals surface area contributed by atoms with Gasteiger partial charge >= 0.3 is 0 Å². The van der Waals surface area contributed by atoms with Crippen LogP contribution in [0.2, 0.25) is 0 Å². The first-order chi connectivity index (χ1) is 6.91. The van der Waals surface area contributed by atoms with Crippen molar-refractivity contribution in [3.8, 4) is 0 Å². The van der Waals surface area contributed by atoms with Crippen molar-refractivity contribution in [3.63, 3.8) is 0 Å². The summed E-state index contributed by atoms with van der Waals surface area (Å²) in [5.41, 5.74) is 7.26. The molecule has 1 aromatic rings. The Morgan fingerprint density at radius 2 is 2.00 bits per heavy atom. The number of aryl methyl sites for hydroxylation is 1. The Kier molecular flexibility index (Phi) is 2.23. The van der Waals surface area contributed by atoms with Gasteiger partial charge in [0.25, 0.3) is 5.56 Å². The van der Waals surface area contributed by atoms with E-state index in [0.29, 0.717) is 11.6 Å². The first-order valence-electron chi connectivity index (χ1n) is 5.43. The molecule has 15 heavy (non-hydrogen) atoms. The molecule has 82 valence electrons. The second kappa shape index (κ2) is 3.20. The van der Waals surface area contributed by atoms with E-state index < -0.39 is 5.54 Å². The van der Waals surface area contributed by atoms with Gasteiger partial charge in [0.05, 0.1) is 0 Å². The van der Waals surface area contributed by atoms with Crippen LogP contribution >= 0.6 is 0 Å². The molecule has 2 rings (SSSR count). The van der Waals surface area contributed by atoms with Crippen LogP contribution in [0.1, 0.15) is 44.0 Å². The monoisotopic (exact) mass is 206 g/mol. The maximum atomic E-state index is 12.2. The maximum Gasteiger partial charge on any atom is 0.256 e. The summed E-state index contributed by atoms with van der Waals surface area (Å²) in [4.78, 5) is 12.2. The van der Waals surface area contributed by atoms with Gasteiger partial charge in [-0.1, -0.05) is 0 Å². The number of rotatable bonds is 2. The molecule has 1 aromatic heterocycles. The Labute approximate surface area is 89.9 Å². The van der Waals surface area contributed by atoms with Crippen molar-refractivity contribution in [3.05, 3.63) is 33.7 Å². The van der Waals surface area contributed by atoms with Gasteiger partial charge in [-0.25, -0.2) is 0 Å². The van der Waals surface area contributed by atoms with Gasteiger partial charge in [-0.15, -0.1) is 0 Å². The molecule has 1 fully saturated rings. The Hall–Kier alpha value is -1.09. The van der Waals surface area contributed by atoms with Crippen LogP contribution in [0, 0.1) is 6.92 Å². The predicted octanol–water partition coefficient (Wildman–Crippen LogP) is 1.69. The molecule has 0 amide bonds. The van der Waals surface area contributed by atoms with Crippen LogP contribution in [-0.4, -0.2) is 4.57 Å². The summed E-state index contributed by atoms with van der Waals surface area (Å²) in [5, 5.41) is 0. The highest BCUT2D eigenvalue weighted by Crippen LogP contribution is 2.34. The van der Waals surface area contributed by atoms with Crippen LogP contribution in [0.25, 0.3) is 0 Å². The van der Waals surface area contributed by atoms with E-state index in [1.807, 2.05) is 37.5 Å². The molecule has 0 bridgehead atoms. The molecule has 0 aromatic carbocycles. The second-order valence-electron chi connectivity index (χ2n) is 5.02. The van der Waals surface area contributed by atoms with Crippen molar-refractivity contribution >= 4 is 0 Å². The van der Waals surface area contributed by atoms with Crippen LogP contribution in [-0.2, 0) is 5.54 Å². The summed E-state index contributed by atoms with van der Waals surface area (Å²) in [7, 11) is 0. The van der Waals surface area contributed by atoms with E-state index in [0.717, 1.165) is 18.5 Å². The molecule has 0 aliphatic heterocycles. The van der Waals surface area contributed by atoms with Gasteiger partial charge in [0.15, 0.2) is 0 Å². The van der Waals surface area contributed by atoms with Crippen LogP contribution in [0.4, 0.5) is 0 Å². The number of nitrogens with two attached hydrogens (primary N) is 1. The highest BCUT2D eigenvalue weighted by Gasteiger charge is 2.28. The van der Waals surface area contributed by atoms with E-state index >= 15 is 0 Å². The minimum atomic E-state index is -0.554. The van der Waals surface area contributed by atoms with Crippen molar-refractivity contribution in [2.45, 2.75) is 45.2 Å². The molecule has 1 aliphatic rings. The van der Waals surface area contributed by atoms with Gasteiger partial charge in [-0.05, 0) is 45.7 Å². The lowest BCUT2D eigenvalue weighted by atomic mass is 9.97. The Bertz CT molecular complexity index is 436.